The number of hydrogen-bond acceptors (Lipinski definition) is 2. The van der Waals surface area contributed by atoms with Crippen molar-refractivity contribution >= 4 is 61.3 Å². The lowest BCUT2D eigenvalue weighted by Crippen LogP contribution is -2.07. The van der Waals surface area contributed by atoms with Crippen LogP contribution in [0, 0.1) is 3.57 Å². The molecule has 3 nitrogen and oxygen atoms in total. The molecule has 0 aliphatic carbocycles. The first kappa shape index (κ1) is 12.8. The molecule has 0 fully saturated rings. The number of benzene rings is 1. The van der Waals surface area contributed by atoms with E-state index >= 15 is 0 Å². The quantitative estimate of drug-likeness (QED) is 0.433. The summed E-state index contributed by atoms with van der Waals surface area (Å²) < 4.78 is 2.17. The van der Waals surface area contributed by atoms with Gasteiger partial charge in [0.1, 0.15) is 0 Å². The van der Waals surface area contributed by atoms with Gasteiger partial charge in [0.15, 0.2) is 0 Å². The van der Waals surface area contributed by atoms with E-state index in [1.807, 2.05) is 37.6 Å². The Hall–Kier alpha value is -0.690. The number of pyridine rings is 1. The van der Waals surface area contributed by atoms with Crippen LogP contribution in [0.4, 0.5) is 5.69 Å². The maximum absolute atomic E-state index is 4.52. The minimum absolute atomic E-state index is 0.986. The minimum atomic E-state index is 0.986. The van der Waals surface area contributed by atoms with Gasteiger partial charge in [-0.2, -0.15) is 0 Å². The van der Waals surface area contributed by atoms with Crippen LogP contribution in [0.3, 0.4) is 0 Å². The van der Waals surface area contributed by atoms with Gasteiger partial charge in [-0.05, 0) is 34.7 Å². The third-order valence-corrected chi connectivity index (χ3v) is 3.71. The number of halogens is 2. The van der Waals surface area contributed by atoms with E-state index < -0.39 is 0 Å². The van der Waals surface area contributed by atoms with Crippen LogP contribution in [0.5, 0.6) is 0 Å². The summed E-state index contributed by atoms with van der Waals surface area (Å²) in [6.07, 6.45) is 5.45. The lowest BCUT2D eigenvalue weighted by molar-refractivity contribution is 0.643. The topological polar surface area (TPSA) is 28.5 Å². The zero-order valence-corrected chi connectivity index (χ0v) is 13.2. The predicted molar refractivity (Wildman–Crippen MR) is 84.0 cm³/mol. The fraction of sp³-hybridized carbons (Fsp3) is 0.167. The Morgan fingerprint density at radius 2 is 2.18 bits per heavy atom. The summed E-state index contributed by atoms with van der Waals surface area (Å²) >= 11 is 5.85. The van der Waals surface area contributed by atoms with E-state index in [1.54, 1.807) is 6.20 Å². The first-order valence-corrected chi connectivity index (χ1v) is 6.89. The molecular formula is C12H11BrIN3. The van der Waals surface area contributed by atoms with E-state index in [9.17, 15) is 0 Å². The van der Waals surface area contributed by atoms with Crippen LogP contribution in [0.15, 0.2) is 34.0 Å². The largest absolute Gasteiger partial charge is 0.369 e. The molecule has 17 heavy (non-hydrogen) atoms. The highest BCUT2D eigenvalue weighted by Crippen LogP contribution is 2.35. The number of rotatable bonds is 2. The Bertz CT molecular complexity index is 581. The van der Waals surface area contributed by atoms with Crippen LogP contribution in [0.25, 0.3) is 10.8 Å². The average Bonchev–Trinajstić information content (AvgIpc) is 2.28. The molecule has 0 unspecified atom stereocenters. The molecule has 0 spiro atoms. The number of nitrogens with zero attached hydrogens (tertiary/aromatic N) is 3. The Morgan fingerprint density at radius 1 is 1.41 bits per heavy atom. The van der Waals surface area contributed by atoms with Crippen molar-refractivity contribution in [3.05, 3.63) is 32.6 Å². The first-order chi connectivity index (χ1) is 8.09. The second-order valence-electron chi connectivity index (χ2n) is 3.82. The Morgan fingerprint density at radius 3 is 2.88 bits per heavy atom. The van der Waals surface area contributed by atoms with Crippen molar-refractivity contribution in [3.63, 3.8) is 0 Å². The van der Waals surface area contributed by atoms with Gasteiger partial charge in [0, 0.05) is 45.3 Å². The summed E-state index contributed by atoms with van der Waals surface area (Å²) in [6, 6.07) is 4.05. The standard InChI is InChI=1S/C12H11BrIN3/c1-17(2)7-16-12-8-3-4-15-6-9(8)10(13)5-11(12)14/h3-7H,1-2H3/b16-7+. The van der Waals surface area contributed by atoms with Crippen LogP contribution in [-0.4, -0.2) is 30.3 Å². The molecular weight excluding hydrogens is 393 g/mol. The molecule has 88 valence electrons. The number of hydrogen-bond donors (Lipinski definition) is 0. The molecule has 1 aromatic carbocycles. The van der Waals surface area contributed by atoms with Crippen molar-refractivity contribution in [2.75, 3.05) is 14.1 Å². The van der Waals surface area contributed by atoms with Crippen LogP contribution in [-0.2, 0) is 0 Å². The van der Waals surface area contributed by atoms with Gasteiger partial charge in [-0.15, -0.1) is 0 Å². The molecule has 5 heteroatoms. The minimum Gasteiger partial charge on any atom is -0.369 e. The summed E-state index contributed by atoms with van der Waals surface area (Å²) in [4.78, 5) is 10.6. The van der Waals surface area contributed by atoms with E-state index in [0.717, 1.165) is 24.5 Å². The predicted octanol–water partition coefficient (Wildman–Crippen LogP) is 3.82. The van der Waals surface area contributed by atoms with Crippen molar-refractivity contribution in [1.29, 1.82) is 0 Å². The summed E-state index contributed by atoms with van der Waals surface area (Å²) in [7, 11) is 3.91. The van der Waals surface area contributed by atoms with E-state index in [1.165, 1.54) is 0 Å². The highest BCUT2D eigenvalue weighted by Gasteiger charge is 2.08. The molecule has 0 aliphatic heterocycles. The van der Waals surface area contributed by atoms with Crippen LogP contribution in [0.1, 0.15) is 0 Å². The Labute approximate surface area is 122 Å². The second kappa shape index (κ2) is 5.30. The van der Waals surface area contributed by atoms with Crippen molar-refractivity contribution in [2.24, 2.45) is 4.99 Å². The number of fused-ring (bicyclic) bond motifs is 1. The van der Waals surface area contributed by atoms with Gasteiger partial charge < -0.3 is 4.90 Å². The van der Waals surface area contributed by atoms with Gasteiger partial charge >= 0.3 is 0 Å². The monoisotopic (exact) mass is 403 g/mol. The molecule has 0 radical (unpaired) electrons. The van der Waals surface area contributed by atoms with Crippen molar-refractivity contribution in [3.8, 4) is 0 Å². The molecule has 1 aromatic heterocycles. The highest BCUT2D eigenvalue weighted by atomic mass is 127. The van der Waals surface area contributed by atoms with Crippen LogP contribution in [0.2, 0.25) is 0 Å². The SMILES string of the molecule is CN(C)/C=N/c1c(I)cc(Br)c2cnccc12. The van der Waals surface area contributed by atoms with E-state index in [-0.39, 0.29) is 0 Å². The summed E-state index contributed by atoms with van der Waals surface area (Å²) in [5, 5.41) is 2.19. The number of aromatic nitrogens is 1. The van der Waals surface area contributed by atoms with E-state index in [4.69, 9.17) is 0 Å². The first-order valence-electron chi connectivity index (χ1n) is 5.02. The van der Waals surface area contributed by atoms with Crippen LogP contribution < -0.4 is 0 Å². The number of aliphatic imine (C=N–C) groups is 1. The normalized spacial score (nSPS) is 11.3. The van der Waals surface area contributed by atoms with Crippen LogP contribution >= 0.6 is 38.5 Å². The van der Waals surface area contributed by atoms with E-state index in [0.29, 0.717) is 0 Å². The molecule has 0 atom stereocenters. The molecule has 0 saturated heterocycles. The third-order valence-electron chi connectivity index (χ3n) is 2.23. The molecule has 2 rings (SSSR count). The van der Waals surface area contributed by atoms with Gasteiger partial charge in [0.2, 0.25) is 0 Å². The Kier molecular flexibility index (Phi) is 3.98. The average molecular weight is 404 g/mol. The fourth-order valence-electron chi connectivity index (χ4n) is 1.48. The smallest absolute Gasteiger partial charge is 0.0907 e. The highest BCUT2D eigenvalue weighted by molar-refractivity contribution is 14.1. The summed E-state index contributed by atoms with van der Waals surface area (Å²) in [5.41, 5.74) is 0.986. The van der Waals surface area contributed by atoms with Crippen molar-refractivity contribution in [1.82, 2.24) is 9.88 Å². The molecule has 1 heterocycles. The van der Waals surface area contributed by atoms with Gasteiger partial charge in [-0.25, -0.2) is 4.99 Å². The van der Waals surface area contributed by atoms with E-state index in [2.05, 4.69) is 54.6 Å². The maximum Gasteiger partial charge on any atom is 0.0907 e. The lowest BCUT2D eigenvalue weighted by Gasteiger charge is -2.08. The molecule has 0 saturated carbocycles. The zero-order valence-electron chi connectivity index (χ0n) is 9.48. The zero-order chi connectivity index (χ0) is 12.4. The van der Waals surface area contributed by atoms with Crippen molar-refractivity contribution in [2.45, 2.75) is 0 Å². The van der Waals surface area contributed by atoms with Crippen molar-refractivity contribution < 1.29 is 0 Å². The second-order valence-corrected chi connectivity index (χ2v) is 5.83. The van der Waals surface area contributed by atoms with Gasteiger partial charge in [-0.1, -0.05) is 15.9 Å². The Balaban J connectivity index is 2.69. The molecule has 0 amide bonds. The summed E-state index contributed by atoms with van der Waals surface area (Å²) in [6.45, 7) is 0. The molecule has 0 aliphatic rings. The molecule has 2 aromatic rings. The fourth-order valence-corrected chi connectivity index (χ4v) is 3.20. The van der Waals surface area contributed by atoms with Gasteiger partial charge in [0.05, 0.1) is 12.0 Å². The van der Waals surface area contributed by atoms with Gasteiger partial charge in [-0.3, -0.25) is 4.98 Å². The third kappa shape index (κ3) is 2.77. The molecule has 0 N–H and O–H groups in total. The molecule has 0 bridgehead atoms. The van der Waals surface area contributed by atoms with Gasteiger partial charge in [0.25, 0.3) is 0 Å². The lowest BCUT2D eigenvalue weighted by atomic mass is 10.1. The summed E-state index contributed by atoms with van der Waals surface area (Å²) in [5.74, 6) is 0. The maximum atomic E-state index is 4.52.